The van der Waals surface area contributed by atoms with Crippen LogP contribution >= 0.6 is 11.6 Å². The van der Waals surface area contributed by atoms with E-state index in [9.17, 15) is 14.4 Å². The fourth-order valence-electron chi connectivity index (χ4n) is 4.56. The number of carbonyl (C=O) groups excluding carboxylic acids is 3. The highest BCUT2D eigenvalue weighted by Crippen LogP contribution is 2.58. The zero-order chi connectivity index (χ0) is 19.2. The smallest absolute Gasteiger partial charge is 0.339 e. The third-order valence-electron chi connectivity index (χ3n) is 5.83. The average Bonchev–Trinajstić information content (AvgIpc) is 2.96. The number of Topliss-reactive ketones (excluding diaryl/α,β-unsaturated/α-hetero) is 1. The number of rotatable bonds is 2. The van der Waals surface area contributed by atoms with Crippen LogP contribution in [-0.2, 0) is 19.2 Å². The molecule has 4 rings (SSSR count). The third-order valence-corrected chi connectivity index (χ3v) is 6.09. The molecule has 1 saturated carbocycles. The van der Waals surface area contributed by atoms with Crippen molar-refractivity contribution >= 4 is 29.3 Å². The van der Waals surface area contributed by atoms with Gasteiger partial charge in [-0.3, -0.25) is 9.59 Å². The van der Waals surface area contributed by atoms with E-state index in [1.807, 2.05) is 30.3 Å². The molecule has 2 aromatic carbocycles. The summed E-state index contributed by atoms with van der Waals surface area (Å²) in [6, 6.07) is 16.1. The maximum atomic E-state index is 13.1. The number of halogens is 1. The van der Waals surface area contributed by atoms with Crippen LogP contribution in [0.25, 0.3) is 0 Å². The van der Waals surface area contributed by atoms with Gasteiger partial charge < -0.3 is 4.84 Å². The lowest BCUT2D eigenvalue weighted by Gasteiger charge is -2.45. The van der Waals surface area contributed by atoms with Crippen molar-refractivity contribution in [2.75, 3.05) is 0 Å². The Morgan fingerprint density at radius 3 is 2.26 bits per heavy atom. The van der Waals surface area contributed by atoms with Crippen molar-refractivity contribution < 1.29 is 19.2 Å². The van der Waals surface area contributed by atoms with Crippen molar-refractivity contribution in [3.63, 3.8) is 0 Å². The van der Waals surface area contributed by atoms with Crippen LogP contribution in [0.3, 0.4) is 0 Å². The number of carbonyl (C=O) groups is 3. The molecule has 138 valence electrons. The molecule has 2 aromatic rings. The standard InChI is InChI=1S/C21H18ClNO4/c1-12-17(24)11-16(13-7-9-15(22)10-8-13)21(19(25)23-27-20(21)26)18(12)14-5-3-2-4-6-14/h2-10,12,16,18H,11H2,1H3,(H,23,25)/t12-,16+,18-,21?/m0/s1. The number of ketones is 1. The van der Waals surface area contributed by atoms with Crippen molar-refractivity contribution in [1.82, 2.24) is 5.48 Å². The average molecular weight is 384 g/mol. The Morgan fingerprint density at radius 1 is 1.00 bits per heavy atom. The molecule has 0 bridgehead atoms. The minimum Gasteiger partial charge on any atom is -0.339 e. The molecule has 6 heteroatoms. The summed E-state index contributed by atoms with van der Waals surface area (Å²) in [5.41, 5.74) is 2.24. The second-order valence-electron chi connectivity index (χ2n) is 7.14. The zero-order valence-electron chi connectivity index (χ0n) is 14.6. The summed E-state index contributed by atoms with van der Waals surface area (Å²) < 4.78 is 0. The van der Waals surface area contributed by atoms with Crippen LogP contribution < -0.4 is 5.48 Å². The van der Waals surface area contributed by atoms with Crippen molar-refractivity contribution in [3.8, 4) is 0 Å². The molecule has 1 saturated heterocycles. The molecule has 4 atom stereocenters. The van der Waals surface area contributed by atoms with E-state index in [0.717, 1.165) is 11.1 Å². The molecular weight excluding hydrogens is 366 g/mol. The molecule has 1 aliphatic carbocycles. The largest absolute Gasteiger partial charge is 0.349 e. The quantitative estimate of drug-likeness (QED) is 0.807. The Hall–Kier alpha value is -2.66. The highest BCUT2D eigenvalue weighted by atomic mass is 35.5. The SMILES string of the molecule is C[C@H]1C(=O)C[C@H](c2ccc(Cl)cc2)C2(C(=O)NOC2=O)[C@@H]1c1ccccc1. The molecule has 0 aromatic heterocycles. The molecule has 1 amide bonds. The van der Waals surface area contributed by atoms with Crippen LogP contribution in [-0.4, -0.2) is 17.7 Å². The van der Waals surface area contributed by atoms with Gasteiger partial charge in [-0.05, 0) is 23.3 Å². The van der Waals surface area contributed by atoms with Gasteiger partial charge in [0, 0.05) is 29.2 Å². The van der Waals surface area contributed by atoms with Crippen LogP contribution in [0.1, 0.15) is 36.3 Å². The number of benzene rings is 2. The Bertz CT molecular complexity index is 894. The maximum absolute atomic E-state index is 13.1. The Balaban J connectivity index is 1.96. The first-order chi connectivity index (χ1) is 13.0. The van der Waals surface area contributed by atoms with Crippen LogP contribution in [0, 0.1) is 11.3 Å². The molecule has 2 fully saturated rings. The summed E-state index contributed by atoms with van der Waals surface area (Å²) in [5, 5.41) is 0.543. The molecule has 2 aliphatic rings. The van der Waals surface area contributed by atoms with Gasteiger partial charge in [-0.2, -0.15) is 5.48 Å². The normalized spacial score (nSPS) is 30.3. The zero-order valence-corrected chi connectivity index (χ0v) is 15.4. The van der Waals surface area contributed by atoms with Crippen LogP contribution in [0.4, 0.5) is 0 Å². The van der Waals surface area contributed by atoms with E-state index in [0.29, 0.717) is 5.02 Å². The van der Waals surface area contributed by atoms with Crippen LogP contribution in [0.2, 0.25) is 5.02 Å². The summed E-state index contributed by atoms with van der Waals surface area (Å²) in [5.74, 6) is -2.86. The van der Waals surface area contributed by atoms with E-state index in [-0.39, 0.29) is 12.2 Å². The molecule has 1 N–H and O–H groups in total. The van der Waals surface area contributed by atoms with E-state index in [1.165, 1.54) is 0 Å². The molecular formula is C21H18ClNO4. The van der Waals surface area contributed by atoms with Gasteiger partial charge in [0.05, 0.1) is 0 Å². The number of hydrogen-bond acceptors (Lipinski definition) is 4. The molecule has 1 spiro atoms. The predicted octanol–water partition coefficient (Wildman–Crippen LogP) is 3.39. The maximum Gasteiger partial charge on any atom is 0.349 e. The van der Waals surface area contributed by atoms with Gasteiger partial charge in [-0.1, -0.05) is 61.0 Å². The lowest BCUT2D eigenvalue weighted by atomic mass is 9.53. The lowest BCUT2D eigenvalue weighted by Crippen LogP contribution is -2.53. The van der Waals surface area contributed by atoms with Crippen LogP contribution in [0.15, 0.2) is 54.6 Å². The lowest BCUT2D eigenvalue weighted by molar-refractivity contribution is -0.156. The summed E-state index contributed by atoms with van der Waals surface area (Å²) in [4.78, 5) is 43.9. The minimum atomic E-state index is -1.50. The molecule has 1 aliphatic heterocycles. The fraction of sp³-hybridized carbons (Fsp3) is 0.286. The first kappa shape index (κ1) is 17.7. The first-order valence-corrected chi connectivity index (χ1v) is 9.19. The highest BCUT2D eigenvalue weighted by Gasteiger charge is 2.67. The second-order valence-corrected chi connectivity index (χ2v) is 7.58. The van der Waals surface area contributed by atoms with E-state index < -0.39 is 35.0 Å². The predicted molar refractivity (Wildman–Crippen MR) is 98.8 cm³/mol. The molecule has 0 radical (unpaired) electrons. The highest BCUT2D eigenvalue weighted by molar-refractivity contribution is 6.30. The number of hydrogen-bond donors (Lipinski definition) is 1. The van der Waals surface area contributed by atoms with Gasteiger partial charge in [0.2, 0.25) is 0 Å². The van der Waals surface area contributed by atoms with Gasteiger partial charge in [0.15, 0.2) is 5.41 Å². The molecule has 5 nitrogen and oxygen atoms in total. The second kappa shape index (κ2) is 6.50. The Morgan fingerprint density at radius 2 is 1.67 bits per heavy atom. The van der Waals surface area contributed by atoms with Gasteiger partial charge in [0.25, 0.3) is 5.91 Å². The molecule has 1 heterocycles. The Kier molecular flexibility index (Phi) is 4.27. The third kappa shape index (κ3) is 2.57. The summed E-state index contributed by atoms with van der Waals surface area (Å²) >= 11 is 6.00. The number of amides is 1. The monoisotopic (exact) mass is 383 g/mol. The summed E-state index contributed by atoms with van der Waals surface area (Å²) in [7, 11) is 0. The van der Waals surface area contributed by atoms with Gasteiger partial charge in [-0.15, -0.1) is 0 Å². The van der Waals surface area contributed by atoms with E-state index in [2.05, 4.69) is 5.48 Å². The van der Waals surface area contributed by atoms with E-state index >= 15 is 0 Å². The van der Waals surface area contributed by atoms with Crippen molar-refractivity contribution in [2.24, 2.45) is 11.3 Å². The number of nitrogens with one attached hydrogen (secondary N) is 1. The first-order valence-electron chi connectivity index (χ1n) is 8.81. The minimum absolute atomic E-state index is 0.0157. The van der Waals surface area contributed by atoms with Gasteiger partial charge in [0.1, 0.15) is 5.78 Å². The van der Waals surface area contributed by atoms with Gasteiger partial charge >= 0.3 is 5.97 Å². The number of hydroxylamine groups is 1. The molecule has 1 unspecified atom stereocenters. The van der Waals surface area contributed by atoms with Crippen molar-refractivity contribution in [1.29, 1.82) is 0 Å². The van der Waals surface area contributed by atoms with E-state index in [1.54, 1.807) is 31.2 Å². The van der Waals surface area contributed by atoms with E-state index in [4.69, 9.17) is 16.4 Å². The van der Waals surface area contributed by atoms with Crippen molar-refractivity contribution in [3.05, 3.63) is 70.7 Å². The Labute approximate surface area is 161 Å². The van der Waals surface area contributed by atoms with Gasteiger partial charge in [-0.25, -0.2) is 4.79 Å². The topological polar surface area (TPSA) is 72.5 Å². The van der Waals surface area contributed by atoms with Crippen molar-refractivity contribution in [2.45, 2.75) is 25.2 Å². The summed E-state index contributed by atoms with van der Waals surface area (Å²) in [6.45, 7) is 1.78. The fourth-order valence-corrected chi connectivity index (χ4v) is 4.68. The molecule has 27 heavy (non-hydrogen) atoms. The summed E-state index contributed by atoms with van der Waals surface area (Å²) in [6.07, 6.45) is 0.0919. The van der Waals surface area contributed by atoms with Crippen LogP contribution in [0.5, 0.6) is 0 Å².